The predicted octanol–water partition coefficient (Wildman–Crippen LogP) is 6.44. The lowest BCUT2D eigenvalue weighted by Crippen LogP contribution is -2.48. The summed E-state index contributed by atoms with van der Waals surface area (Å²) in [6.45, 7) is 9.77. The molecule has 0 fully saturated rings. The zero-order valence-corrected chi connectivity index (χ0v) is 19.5. The molecule has 2 rings (SSSR count). The molecule has 1 aromatic heterocycles. The molecule has 1 aromatic carbocycles. The zero-order chi connectivity index (χ0) is 22.6. The van der Waals surface area contributed by atoms with E-state index in [-0.39, 0.29) is 0 Å². The number of benzene rings is 1. The Morgan fingerprint density at radius 2 is 1.90 bits per heavy atom. The van der Waals surface area contributed by atoms with Crippen LogP contribution in [0.15, 0.2) is 49.1 Å². The van der Waals surface area contributed by atoms with Crippen molar-refractivity contribution >= 4 is 64.9 Å². The third-order valence-electron chi connectivity index (χ3n) is 3.60. The number of amides is 1. The third-order valence-corrected chi connectivity index (χ3v) is 4.25. The molecule has 0 aliphatic rings. The van der Waals surface area contributed by atoms with Crippen molar-refractivity contribution in [2.45, 2.75) is 37.2 Å². The summed E-state index contributed by atoms with van der Waals surface area (Å²) in [5.74, 6) is -0.0800. The highest BCUT2D eigenvalue weighted by Crippen LogP contribution is 2.31. The Balaban J connectivity index is 0.00000218. The molecular formula is C22H27Cl3N4O. The van der Waals surface area contributed by atoms with Gasteiger partial charge in [0.25, 0.3) is 0 Å². The van der Waals surface area contributed by atoms with Crippen LogP contribution in [0.25, 0.3) is 18.2 Å². The van der Waals surface area contributed by atoms with Gasteiger partial charge in [-0.3, -0.25) is 4.79 Å². The average molecular weight is 470 g/mol. The molecule has 1 heterocycles. The Morgan fingerprint density at radius 3 is 2.47 bits per heavy atom. The number of nitrogens with one attached hydrogen (secondary N) is 3. The molecule has 0 saturated heterocycles. The van der Waals surface area contributed by atoms with Gasteiger partial charge in [-0.15, -0.1) is 0 Å². The number of alkyl halides is 3. The van der Waals surface area contributed by atoms with Crippen LogP contribution in [-0.4, -0.2) is 25.8 Å². The molecule has 1 atom stereocenters. The summed E-state index contributed by atoms with van der Waals surface area (Å²) in [5.41, 5.74) is 2.29. The first-order chi connectivity index (χ1) is 14.3. The third kappa shape index (κ3) is 8.66. The second-order valence-corrected chi connectivity index (χ2v) is 8.14. The number of aromatic amines is 1. The van der Waals surface area contributed by atoms with E-state index in [1.54, 1.807) is 12.2 Å². The van der Waals surface area contributed by atoms with Crippen molar-refractivity contribution in [1.29, 1.82) is 0 Å². The largest absolute Gasteiger partial charge is 0.332 e. The van der Waals surface area contributed by atoms with Gasteiger partial charge in [0.05, 0.1) is 11.4 Å². The molecule has 2 aromatic rings. The molecule has 1 unspecified atom stereocenters. The monoisotopic (exact) mass is 468 g/mol. The zero-order valence-electron chi connectivity index (χ0n) is 17.3. The van der Waals surface area contributed by atoms with Gasteiger partial charge in [-0.1, -0.05) is 98.6 Å². The molecule has 1 amide bonds. The van der Waals surface area contributed by atoms with Crippen LogP contribution < -0.4 is 10.6 Å². The van der Waals surface area contributed by atoms with Gasteiger partial charge >= 0.3 is 0 Å². The normalized spacial score (nSPS) is 12.3. The Labute approximate surface area is 193 Å². The molecule has 0 aliphatic carbocycles. The van der Waals surface area contributed by atoms with Crippen molar-refractivity contribution in [3.05, 3.63) is 66.0 Å². The number of aromatic nitrogens is 2. The highest BCUT2D eigenvalue weighted by molar-refractivity contribution is 6.68. The maximum Gasteiger partial charge on any atom is 0.245 e. The molecule has 0 saturated carbocycles. The first kappa shape index (κ1) is 25.8. The number of rotatable bonds is 8. The topological polar surface area (TPSA) is 69.8 Å². The molecule has 30 heavy (non-hydrogen) atoms. The first-order valence-electron chi connectivity index (χ1n) is 9.59. The highest BCUT2D eigenvalue weighted by Gasteiger charge is 2.34. The fraction of sp³-hybridized carbons (Fsp3) is 0.273. The van der Waals surface area contributed by atoms with E-state index in [4.69, 9.17) is 34.8 Å². The van der Waals surface area contributed by atoms with Crippen LogP contribution >= 0.6 is 34.8 Å². The number of H-pyrrole nitrogens is 1. The molecule has 0 aliphatic heterocycles. The number of allylic oxidation sites excluding steroid dienone is 1. The summed E-state index contributed by atoms with van der Waals surface area (Å²) in [7, 11) is 0. The maximum absolute atomic E-state index is 12.3. The van der Waals surface area contributed by atoms with E-state index in [9.17, 15) is 4.79 Å². The summed E-state index contributed by atoms with van der Waals surface area (Å²) in [5, 5.41) is 5.54. The number of halogens is 3. The first-order valence-corrected chi connectivity index (χ1v) is 10.7. The number of imidazole rings is 1. The van der Waals surface area contributed by atoms with E-state index in [1.165, 1.54) is 6.08 Å². The van der Waals surface area contributed by atoms with E-state index >= 15 is 0 Å². The minimum atomic E-state index is -1.81. The van der Waals surface area contributed by atoms with Gasteiger partial charge in [0.15, 0.2) is 0 Å². The van der Waals surface area contributed by atoms with E-state index in [2.05, 4.69) is 27.2 Å². The van der Waals surface area contributed by atoms with Gasteiger partial charge in [0.2, 0.25) is 15.6 Å². The van der Waals surface area contributed by atoms with E-state index in [0.29, 0.717) is 11.6 Å². The SMILES string of the molecule is C=Cc1nc(NC(NC(=O)/C=C/c2ccccc2)C(Cl)(Cl)Cl)[nH]c1/C=C\CC.CC. The summed E-state index contributed by atoms with van der Waals surface area (Å²) in [4.78, 5) is 19.7. The van der Waals surface area contributed by atoms with Crippen LogP contribution in [0.2, 0.25) is 0 Å². The second-order valence-electron chi connectivity index (χ2n) is 5.77. The van der Waals surface area contributed by atoms with Crippen LogP contribution in [0.3, 0.4) is 0 Å². The standard InChI is InChI=1S/C20H21Cl3N4O.C2H6/c1-3-5-11-16-15(4-2)24-19(25-16)27-18(20(21,22)23)26-17(28)13-12-14-9-7-6-8-10-14;1-2/h4-13,18H,2-3H2,1H3,(H,26,28)(H2,24,25,27);1-2H3/b11-5-,13-12+;. The molecule has 5 nitrogen and oxygen atoms in total. The summed E-state index contributed by atoms with van der Waals surface area (Å²) in [6, 6.07) is 9.40. The molecule has 0 radical (unpaired) electrons. The summed E-state index contributed by atoms with van der Waals surface area (Å²) >= 11 is 18.1. The Hall–Kier alpha value is -2.21. The van der Waals surface area contributed by atoms with E-state index in [0.717, 1.165) is 17.7 Å². The van der Waals surface area contributed by atoms with Gasteiger partial charge in [-0.2, -0.15) is 0 Å². The number of anilines is 1. The van der Waals surface area contributed by atoms with Crippen molar-refractivity contribution in [3.63, 3.8) is 0 Å². The smallest absolute Gasteiger partial charge is 0.245 e. The van der Waals surface area contributed by atoms with Crippen molar-refractivity contribution in [3.8, 4) is 0 Å². The van der Waals surface area contributed by atoms with Crippen molar-refractivity contribution in [2.75, 3.05) is 5.32 Å². The molecular weight excluding hydrogens is 443 g/mol. The average Bonchev–Trinajstić information content (AvgIpc) is 3.13. The fourth-order valence-corrected chi connectivity index (χ4v) is 2.58. The fourth-order valence-electron chi connectivity index (χ4n) is 2.25. The summed E-state index contributed by atoms with van der Waals surface area (Å²) < 4.78 is -1.81. The Kier molecular flexibility index (Phi) is 11.3. The van der Waals surface area contributed by atoms with Crippen LogP contribution in [0.5, 0.6) is 0 Å². The minimum Gasteiger partial charge on any atom is -0.332 e. The molecule has 3 N–H and O–H groups in total. The maximum atomic E-state index is 12.3. The lowest BCUT2D eigenvalue weighted by atomic mass is 10.2. The van der Waals surface area contributed by atoms with Gasteiger partial charge in [-0.05, 0) is 30.2 Å². The van der Waals surface area contributed by atoms with E-state index in [1.807, 2.05) is 63.3 Å². The lowest BCUT2D eigenvalue weighted by Gasteiger charge is -2.25. The van der Waals surface area contributed by atoms with Crippen molar-refractivity contribution in [1.82, 2.24) is 15.3 Å². The molecule has 0 bridgehead atoms. The van der Waals surface area contributed by atoms with Gasteiger partial charge in [-0.25, -0.2) is 4.98 Å². The number of carbonyl (C=O) groups excluding carboxylic acids is 1. The van der Waals surface area contributed by atoms with Gasteiger partial charge < -0.3 is 15.6 Å². The number of hydrogen-bond donors (Lipinski definition) is 3. The van der Waals surface area contributed by atoms with Crippen LogP contribution in [0.4, 0.5) is 5.95 Å². The highest BCUT2D eigenvalue weighted by atomic mass is 35.6. The minimum absolute atomic E-state index is 0.342. The number of nitrogens with zero attached hydrogens (tertiary/aromatic N) is 1. The van der Waals surface area contributed by atoms with Gasteiger partial charge in [0.1, 0.15) is 6.17 Å². The van der Waals surface area contributed by atoms with Gasteiger partial charge in [0, 0.05) is 6.08 Å². The number of carbonyl (C=O) groups is 1. The summed E-state index contributed by atoms with van der Waals surface area (Å²) in [6.07, 6.45) is 8.38. The van der Waals surface area contributed by atoms with Crippen LogP contribution in [0, 0.1) is 0 Å². The van der Waals surface area contributed by atoms with Crippen molar-refractivity contribution < 1.29 is 4.79 Å². The molecule has 8 heteroatoms. The van der Waals surface area contributed by atoms with Crippen LogP contribution in [0.1, 0.15) is 44.1 Å². The Morgan fingerprint density at radius 1 is 1.23 bits per heavy atom. The van der Waals surface area contributed by atoms with Crippen molar-refractivity contribution in [2.24, 2.45) is 0 Å². The molecule has 162 valence electrons. The quantitative estimate of drug-likeness (QED) is 0.237. The molecule has 0 spiro atoms. The lowest BCUT2D eigenvalue weighted by molar-refractivity contribution is -0.116. The Bertz CT molecular complexity index is 855. The predicted molar refractivity (Wildman–Crippen MR) is 131 cm³/mol. The van der Waals surface area contributed by atoms with Crippen LogP contribution in [-0.2, 0) is 4.79 Å². The van der Waals surface area contributed by atoms with E-state index < -0.39 is 15.9 Å². The number of hydrogen-bond acceptors (Lipinski definition) is 3. The second kappa shape index (κ2) is 13.2.